The largest absolute Gasteiger partial charge is 0.493 e. The van der Waals surface area contributed by atoms with Crippen LogP contribution in [0.5, 0.6) is 17.2 Å². The number of thioether (sulfide) groups is 1. The van der Waals surface area contributed by atoms with Crippen molar-refractivity contribution in [2.45, 2.75) is 6.92 Å². The van der Waals surface area contributed by atoms with Crippen LogP contribution >= 0.6 is 23.4 Å². The first-order valence-corrected chi connectivity index (χ1v) is 12.1. The molecule has 3 aromatic rings. The van der Waals surface area contributed by atoms with Gasteiger partial charge in [-0.2, -0.15) is 0 Å². The van der Waals surface area contributed by atoms with Crippen molar-refractivity contribution in [3.05, 3.63) is 93.3 Å². The van der Waals surface area contributed by atoms with Crippen LogP contribution in [-0.4, -0.2) is 42.3 Å². The van der Waals surface area contributed by atoms with Gasteiger partial charge in [-0.3, -0.25) is 14.5 Å². The third-order valence-corrected chi connectivity index (χ3v) is 6.48. The Bertz CT molecular complexity index is 1340. The van der Waals surface area contributed by atoms with Gasteiger partial charge in [-0.25, -0.2) is 4.79 Å². The van der Waals surface area contributed by atoms with Gasteiger partial charge in [0.25, 0.3) is 11.1 Å². The number of carbonyl (C=O) groups excluding carboxylic acids is 3. The van der Waals surface area contributed by atoms with Crippen LogP contribution < -0.4 is 14.2 Å². The maximum atomic E-state index is 12.9. The zero-order chi connectivity index (χ0) is 25.7. The first kappa shape index (κ1) is 25.3. The molecule has 2 amide bonds. The van der Waals surface area contributed by atoms with Gasteiger partial charge in [-0.15, -0.1) is 0 Å². The van der Waals surface area contributed by atoms with Gasteiger partial charge in [0, 0.05) is 0 Å². The molecule has 0 aliphatic carbocycles. The minimum Gasteiger partial charge on any atom is -0.493 e. The predicted molar refractivity (Wildman–Crippen MR) is 139 cm³/mol. The van der Waals surface area contributed by atoms with Gasteiger partial charge in [0.15, 0.2) is 11.5 Å². The molecular formula is C27H22ClNO6S. The fraction of sp³-hybridized carbons (Fsp3) is 0.148. The topological polar surface area (TPSA) is 82.1 Å². The van der Waals surface area contributed by atoms with Crippen LogP contribution in [0.1, 0.15) is 21.5 Å². The van der Waals surface area contributed by atoms with E-state index in [4.69, 9.17) is 25.8 Å². The average Bonchev–Trinajstić information content (AvgIpc) is 3.13. The minimum atomic E-state index is -0.538. The van der Waals surface area contributed by atoms with Crippen LogP contribution in [0.15, 0.2) is 71.6 Å². The lowest BCUT2D eigenvalue weighted by molar-refractivity contribution is -0.123. The summed E-state index contributed by atoms with van der Waals surface area (Å²) in [6, 6.07) is 18.9. The molecular weight excluding hydrogens is 502 g/mol. The molecule has 0 atom stereocenters. The molecule has 0 bridgehead atoms. The molecule has 0 N–H and O–H groups in total. The Labute approximate surface area is 217 Å². The Hall–Kier alpha value is -3.75. The van der Waals surface area contributed by atoms with Crippen LogP contribution in [0.2, 0.25) is 5.02 Å². The fourth-order valence-electron chi connectivity index (χ4n) is 3.36. The van der Waals surface area contributed by atoms with Gasteiger partial charge in [0.05, 0.1) is 29.1 Å². The zero-order valence-electron chi connectivity index (χ0n) is 19.5. The summed E-state index contributed by atoms with van der Waals surface area (Å²) < 4.78 is 16.5. The second-order valence-electron chi connectivity index (χ2n) is 7.78. The van der Waals surface area contributed by atoms with Crippen molar-refractivity contribution < 1.29 is 28.6 Å². The van der Waals surface area contributed by atoms with E-state index in [9.17, 15) is 14.4 Å². The van der Waals surface area contributed by atoms with Gasteiger partial charge in [-0.1, -0.05) is 47.5 Å². The maximum absolute atomic E-state index is 12.9. The first-order chi connectivity index (χ1) is 17.4. The molecule has 0 saturated carbocycles. The van der Waals surface area contributed by atoms with E-state index in [-0.39, 0.29) is 23.8 Å². The molecule has 1 aliphatic rings. The van der Waals surface area contributed by atoms with Gasteiger partial charge in [0.1, 0.15) is 12.4 Å². The molecule has 36 heavy (non-hydrogen) atoms. The molecule has 1 heterocycles. The fourth-order valence-corrected chi connectivity index (χ4v) is 4.42. The van der Waals surface area contributed by atoms with Crippen molar-refractivity contribution in [1.29, 1.82) is 0 Å². The van der Waals surface area contributed by atoms with E-state index in [0.717, 1.165) is 22.2 Å². The van der Waals surface area contributed by atoms with Crippen molar-refractivity contribution in [1.82, 2.24) is 4.90 Å². The van der Waals surface area contributed by atoms with Crippen LogP contribution in [0.25, 0.3) is 6.08 Å². The van der Waals surface area contributed by atoms with Crippen molar-refractivity contribution in [2.75, 3.05) is 20.3 Å². The number of para-hydroxylation sites is 1. The lowest BCUT2D eigenvalue weighted by atomic mass is 10.1. The zero-order valence-corrected chi connectivity index (χ0v) is 21.1. The standard InChI is InChI=1S/C27H22ClNO6S/c1-17-7-10-19(11-8-17)26(31)35-23-15-18(9-12-22(23)33-2)16-24-25(30)29(27(32)36-24)13-14-34-21-6-4-3-5-20(21)28/h3-12,15-16H,13-14H2,1-2H3/b24-16-. The smallest absolute Gasteiger partial charge is 0.343 e. The van der Waals surface area contributed by atoms with E-state index in [2.05, 4.69) is 0 Å². The maximum Gasteiger partial charge on any atom is 0.343 e. The quantitative estimate of drug-likeness (QED) is 0.204. The van der Waals surface area contributed by atoms with E-state index in [1.165, 1.54) is 7.11 Å². The first-order valence-electron chi connectivity index (χ1n) is 11.0. The van der Waals surface area contributed by atoms with Crippen LogP contribution in [0.4, 0.5) is 4.79 Å². The van der Waals surface area contributed by atoms with Gasteiger partial charge in [0.2, 0.25) is 0 Å². The summed E-state index contributed by atoms with van der Waals surface area (Å²) in [5, 5.41) is 0.0541. The number of amides is 2. The third-order valence-electron chi connectivity index (χ3n) is 5.26. The number of imide groups is 1. The van der Waals surface area contributed by atoms with Crippen molar-refractivity contribution in [3.63, 3.8) is 0 Å². The van der Waals surface area contributed by atoms with Crippen molar-refractivity contribution >= 4 is 46.6 Å². The summed E-state index contributed by atoms with van der Waals surface area (Å²) in [6.07, 6.45) is 1.57. The average molecular weight is 524 g/mol. The number of methoxy groups -OCH3 is 1. The normalized spacial score (nSPS) is 14.3. The molecule has 0 unspecified atom stereocenters. The van der Waals surface area contributed by atoms with E-state index < -0.39 is 17.1 Å². The summed E-state index contributed by atoms with van der Waals surface area (Å²) in [5.41, 5.74) is 1.99. The molecule has 1 saturated heterocycles. The second kappa shape index (κ2) is 11.3. The highest BCUT2D eigenvalue weighted by Gasteiger charge is 2.35. The van der Waals surface area contributed by atoms with Crippen molar-refractivity contribution in [3.8, 4) is 17.2 Å². The molecule has 4 rings (SSSR count). The molecule has 9 heteroatoms. The SMILES string of the molecule is COc1ccc(/C=C2\SC(=O)N(CCOc3ccccc3Cl)C2=O)cc1OC(=O)c1ccc(C)cc1. The van der Waals surface area contributed by atoms with Crippen molar-refractivity contribution in [2.24, 2.45) is 0 Å². The molecule has 1 aliphatic heterocycles. The van der Waals surface area contributed by atoms with Crippen LogP contribution in [-0.2, 0) is 4.79 Å². The molecule has 3 aromatic carbocycles. The molecule has 1 fully saturated rings. The number of halogens is 1. The number of carbonyl (C=O) groups is 3. The Morgan fingerprint density at radius 3 is 2.47 bits per heavy atom. The lowest BCUT2D eigenvalue weighted by Crippen LogP contribution is -2.32. The summed E-state index contributed by atoms with van der Waals surface area (Å²) in [5.74, 6) is 0.0697. The Morgan fingerprint density at radius 2 is 1.75 bits per heavy atom. The second-order valence-corrected chi connectivity index (χ2v) is 9.18. The molecule has 184 valence electrons. The number of hydrogen-bond donors (Lipinski definition) is 0. The highest BCUT2D eigenvalue weighted by Crippen LogP contribution is 2.35. The Kier molecular flexibility index (Phi) is 7.97. The predicted octanol–water partition coefficient (Wildman–Crippen LogP) is 5.99. The number of nitrogens with zero attached hydrogens (tertiary/aromatic N) is 1. The van der Waals surface area contributed by atoms with E-state index in [1.807, 2.05) is 19.1 Å². The van der Waals surface area contributed by atoms with Gasteiger partial charge < -0.3 is 14.2 Å². The number of ether oxygens (including phenoxy) is 3. The monoisotopic (exact) mass is 523 g/mol. The third kappa shape index (κ3) is 5.90. The summed E-state index contributed by atoms with van der Waals surface area (Å²) >= 11 is 6.90. The molecule has 0 aromatic heterocycles. The molecule has 0 radical (unpaired) electrons. The minimum absolute atomic E-state index is 0.0786. The number of esters is 1. The summed E-state index contributed by atoms with van der Waals surface area (Å²) in [6.45, 7) is 2.11. The van der Waals surface area contributed by atoms with E-state index in [0.29, 0.717) is 27.6 Å². The van der Waals surface area contributed by atoms with Gasteiger partial charge >= 0.3 is 5.97 Å². The van der Waals surface area contributed by atoms with E-state index >= 15 is 0 Å². The highest BCUT2D eigenvalue weighted by molar-refractivity contribution is 8.18. The summed E-state index contributed by atoms with van der Waals surface area (Å²) in [7, 11) is 1.47. The lowest BCUT2D eigenvalue weighted by Gasteiger charge is -2.13. The number of rotatable bonds is 8. The van der Waals surface area contributed by atoms with Gasteiger partial charge in [-0.05, 0) is 66.7 Å². The summed E-state index contributed by atoms with van der Waals surface area (Å²) in [4.78, 5) is 39.3. The van der Waals surface area contributed by atoms with Crippen LogP contribution in [0, 0.1) is 6.92 Å². The highest BCUT2D eigenvalue weighted by atomic mass is 35.5. The number of benzene rings is 3. The Balaban J connectivity index is 1.46. The molecule has 7 nitrogen and oxygen atoms in total. The van der Waals surface area contributed by atoms with Crippen LogP contribution in [0.3, 0.4) is 0 Å². The number of hydrogen-bond acceptors (Lipinski definition) is 7. The Morgan fingerprint density at radius 1 is 1.00 bits per heavy atom. The van der Waals surface area contributed by atoms with E-state index in [1.54, 1.807) is 60.7 Å². The molecule has 0 spiro atoms. The number of aryl methyl sites for hydroxylation is 1.